The summed E-state index contributed by atoms with van der Waals surface area (Å²) in [5.41, 5.74) is 0. The maximum atomic E-state index is 9.59. The van der Waals surface area contributed by atoms with Gasteiger partial charge in [0.15, 0.2) is 0 Å². The maximum Gasteiger partial charge on any atom is 4.00 e. The molecule has 0 atom stereocenters. The van der Waals surface area contributed by atoms with Crippen LogP contribution < -0.4 is 44.3 Å². The summed E-state index contributed by atoms with van der Waals surface area (Å²) in [6.07, 6.45) is 0. The van der Waals surface area contributed by atoms with Crippen LogP contribution in [0, 0.1) is 0 Å². The topological polar surface area (TPSA) is 351 Å². The van der Waals surface area contributed by atoms with Gasteiger partial charge in [-0.3, -0.25) is 0 Å². The van der Waals surface area contributed by atoms with Crippen molar-refractivity contribution in [1.29, 1.82) is 0 Å². The normalized spacial score (nSPS) is 11.0. The summed E-state index contributed by atoms with van der Waals surface area (Å²) in [7, 11) is 0. The molecule has 0 N–H and O–H groups in total. The van der Waals surface area contributed by atoms with Crippen LogP contribution in [0.2, 0.25) is 0 Å². The summed E-state index contributed by atoms with van der Waals surface area (Å²) in [6.45, 7) is 6.25. The fourth-order valence-corrected chi connectivity index (χ4v) is 2.16. The van der Waals surface area contributed by atoms with Crippen molar-refractivity contribution in [3.63, 3.8) is 0 Å². The standard InChI is InChI=1S/4C2H6O2.12O.7Ti/c4*1-2-4-3;;;;;;;;;;;;;;;;;;;/h4*3H,2H2,1H3;;;;;;;;;;;;;;;;;;;/q;;;;12*-1;4*+1;3*+4/p-4. The van der Waals surface area contributed by atoms with Gasteiger partial charge in [-0.2, -0.15) is 0 Å². The molecule has 0 amide bonds. The minimum atomic E-state index is -5.58. The molecule has 0 fully saturated rings. The van der Waals surface area contributed by atoms with Gasteiger partial charge in [-0.1, -0.05) is 0 Å². The van der Waals surface area contributed by atoms with Crippen molar-refractivity contribution in [3.8, 4) is 0 Å². The summed E-state index contributed by atoms with van der Waals surface area (Å²) < 4.78 is 129. The van der Waals surface area contributed by atoms with Crippen LogP contribution in [0.3, 0.4) is 0 Å². The molecular weight excluding hydrogens is 751 g/mol. The molecule has 35 heavy (non-hydrogen) atoms. The van der Waals surface area contributed by atoms with E-state index >= 15 is 0 Å². The van der Waals surface area contributed by atoms with E-state index in [0.29, 0.717) is 0 Å². The maximum absolute atomic E-state index is 9.59. The van der Waals surface area contributed by atoms with Crippen LogP contribution >= 0.6 is 0 Å². The summed E-state index contributed by atoms with van der Waals surface area (Å²) in [5.74, 6) is 0. The van der Waals surface area contributed by atoms with Gasteiger partial charge >= 0.3 is 270 Å². The second kappa shape index (κ2) is 32.7. The Morgan fingerprint density at radius 1 is 0.343 bits per heavy atom. The first kappa shape index (κ1) is 55.2. The average Bonchev–Trinajstić information content (AvgIpc) is 2.60. The minimum absolute atomic E-state index is 0. The summed E-state index contributed by atoms with van der Waals surface area (Å²) in [4.78, 5) is 15.4. The van der Waals surface area contributed by atoms with Crippen LogP contribution in [-0.2, 0) is 171 Å². The van der Waals surface area contributed by atoms with E-state index in [1.54, 1.807) is 0 Å². The van der Waals surface area contributed by atoms with Crippen molar-refractivity contribution < 1.29 is 215 Å². The first-order valence-electron chi connectivity index (χ1n) is 7.92. The Morgan fingerprint density at radius 2 is 0.457 bits per heavy atom. The van der Waals surface area contributed by atoms with Crippen molar-refractivity contribution in [2.45, 2.75) is 27.7 Å². The summed E-state index contributed by atoms with van der Waals surface area (Å²) in [5, 5.41) is 0. The Bertz CT molecular complexity index is 312. The quantitative estimate of drug-likeness (QED) is 0.101. The van der Waals surface area contributed by atoms with Gasteiger partial charge in [0, 0.05) is 0 Å². The fraction of sp³-hybridized carbons (Fsp3) is 1.00. The monoisotopic (exact) mass is 772 g/mol. The fourth-order valence-electron chi connectivity index (χ4n) is 0.524. The molecule has 27 heteroatoms. The van der Waals surface area contributed by atoms with Crippen LogP contribution in [0.4, 0.5) is 0 Å². The predicted octanol–water partition coefficient (Wildman–Crippen LogP) is -12.6. The zero-order valence-electron chi connectivity index (χ0n) is 18.5. The molecule has 0 aliphatic rings. The van der Waals surface area contributed by atoms with E-state index in [1.165, 1.54) is 27.7 Å². The largest absolute Gasteiger partial charge is 4.00 e. The molecule has 0 aromatic rings. The van der Waals surface area contributed by atoms with Gasteiger partial charge < -0.3 is 0 Å². The van der Waals surface area contributed by atoms with Gasteiger partial charge in [-0.15, -0.1) is 0 Å². The molecular formula is C8H20O20Ti7. The molecule has 0 saturated heterocycles. The third-order valence-electron chi connectivity index (χ3n) is 1.12. The van der Waals surface area contributed by atoms with E-state index in [4.69, 9.17) is 0 Å². The van der Waals surface area contributed by atoms with Crippen LogP contribution in [0.1, 0.15) is 27.7 Å². The SMILES string of the molecule is CCO[O][Ti]([O-])([O-])[O-].CCO[O][Ti]([O-])([O-])[O-].CCO[O][Ti]([O-])([O-])[O-].CCO[O][Ti]([O-])([O-])[O-].[Ti+4].[Ti+4].[Ti+4]. The third-order valence-corrected chi connectivity index (χ3v) is 3.13. The van der Waals surface area contributed by atoms with Gasteiger partial charge in [0.25, 0.3) is 0 Å². The molecule has 0 bridgehead atoms. The summed E-state index contributed by atoms with van der Waals surface area (Å²) >= 11 is -22.3. The number of hydrogen-bond donors (Lipinski definition) is 0. The first-order chi connectivity index (χ1) is 14.2. The molecule has 20 nitrogen and oxygen atoms in total. The molecule has 0 rings (SSSR count). The van der Waals surface area contributed by atoms with Crippen LogP contribution in [0.15, 0.2) is 0 Å². The van der Waals surface area contributed by atoms with E-state index in [1.807, 2.05) is 0 Å². The second-order valence-corrected chi connectivity index (χ2v) is 11.2. The first-order valence-corrected chi connectivity index (χ1v) is 18.1. The number of rotatable bonds is 12. The molecule has 0 aliphatic heterocycles. The van der Waals surface area contributed by atoms with Crippen molar-refractivity contribution in [1.82, 2.24) is 0 Å². The van der Waals surface area contributed by atoms with Gasteiger partial charge in [-0.05, 0) is 0 Å². The molecule has 0 aromatic heterocycles. The van der Waals surface area contributed by atoms with Gasteiger partial charge in [0.1, 0.15) is 0 Å². The van der Waals surface area contributed by atoms with E-state index < -0.39 is 72.6 Å². The molecule has 0 aliphatic carbocycles. The van der Waals surface area contributed by atoms with Crippen LogP contribution in [0.25, 0.3) is 0 Å². The Labute approximate surface area is 266 Å². The molecule has 0 unspecified atom stereocenters. The molecule has 0 radical (unpaired) electrons. The molecule has 0 heterocycles. The van der Waals surface area contributed by atoms with Crippen molar-refractivity contribution in [2.75, 3.05) is 26.4 Å². The van der Waals surface area contributed by atoms with Crippen molar-refractivity contribution in [2.24, 2.45) is 0 Å². The van der Waals surface area contributed by atoms with Crippen molar-refractivity contribution >= 4 is 0 Å². The Hall–Kier alpha value is 4.20. The predicted molar refractivity (Wildman–Crippen MR) is 50.8 cm³/mol. The smallest absolute Gasteiger partial charge is 4.00 e. The van der Waals surface area contributed by atoms with E-state index in [0.717, 1.165) is 0 Å². The zero-order valence-corrected chi connectivity index (χ0v) is 29.4. The van der Waals surface area contributed by atoms with Gasteiger partial charge in [0.05, 0.1) is 0 Å². The van der Waals surface area contributed by atoms with Crippen LogP contribution in [0.5, 0.6) is 0 Å². The number of hydrogen-bond acceptors (Lipinski definition) is 20. The van der Waals surface area contributed by atoms with Gasteiger partial charge in [-0.25, -0.2) is 0 Å². The molecule has 200 valence electrons. The molecule has 0 saturated carbocycles. The molecule has 0 aromatic carbocycles. The average molecular weight is 771 g/mol. The van der Waals surface area contributed by atoms with E-state index in [-0.39, 0.29) is 91.6 Å². The Morgan fingerprint density at radius 3 is 0.486 bits per heavy atom. The van der Waals surface area contributed by atoms with Gasteiger partial charge in [0.2, 0.25) is 0 Å². The second-order valence-electron chi connectivity index (χ2n) is 3.96. The Kier molecular flexibility index (Phi) is 51.6. The van der Waals surface area contributed by atoms with E-state index in [9.17, 15) is 44.3 Å². The van der Waals surface area contributed by atoms with E-state index in [2.05, 4.69) is 33.4 Å². The Balaban J connectivity index is -0.0000000581. The van der Waals surface area contributed by atoms with Crippen LogP contribution in [-0.4, -0.2) is 26.4 Å². The van der Waals surface area contributed by atoms with Crippen molar-refractivity contribution in [3.05, 3.63) is 0 Å². The third kappa shape index (κ3) is 85.5. The molecule has 0 spiro atoms. The minimum Gasteiger partial charge on any atom is 4.00 e. The zero-order chi connectivity index (χ0) is 26.5. The summed E-state index contributed by atoms with van der Waals surface area (Å²) in [6, 6.07) is 0.